The van der Waals surface area contributed by atoms with Crippen LogP contribution in [0.15, 0.2) is 42.7 Å². The zero-order chi connectivity index (χ0) is 16.6. The van der Waals surface area contributed by atoms with E-state index in [1.807, 2.05) is 13.0 Å². The molecule has 6 heteroatoms. The van der Waals surface area contributed by atoms with Crippen molar-refractivity contribution in [2.24, 2.45) is 0 Å². The van der Waals surface area contributed by atoms with Crippen LogP contribution in [0.3, 0.4) is 0 Å². The number of halogens is 2. The first kappa shape index (κ1) is 15.7. The van der Waals surface area contributed by atoms with Crippen molar-refractivity contribution in [1.82, 2.24) is 4.40 Å². The second-order valence-electron chi connectivity index (χ2n) is 4.91. The first-order valence-corrected chi connectivity index (χ1v) is 7.73. The molecule has 1 N–H and O–H groups in total. The molecule has 23 heavy (non-hydrogen) atoms. The van der Waals surface area contributed by atoms with Gasteiger partial charge < -0.3 is 14.2 Å². The minimum Gasteiger partial charge on any atom is -0.492 e. The van der Waals surface area contributed by atoms with E-state index < -0.39 is 5.97 Å². The maximum Gasteiger partial charge on any atom is 0.338 e. The lowest BCUT2D eigenvalue weighted by molar-refractivity contribution is 0.0700. The number of nitrogens with zero attached hydrogens (tertiary/aromatic N) is 1. The molecule has 4 nitrogen and oxygen atoms in total. The number of hydrogen-bond donors (Lipinski definition) is 1. The first-order valence-electron chi connectivity index (χ1n) is 6.98. The molecule has 0 spiro atoms. The lowest BCUT2D eigenvalue weighted by Gasteiger charge is -2.12. The molecule has 0 aliphatic carbocycles. The summed E-state index contributed by atoms with van der Waals surface area (Å²) in [6, 6.07) is 8.61. The predicted molar refractivity (Wildman–Crippen MR) is 91.0 cm³/mol. The van der Waals surface area contributed by atoms with Crippen LogP contribution in [0, 0.1) is 0 Å². The number of hydrogen-bond acceptors (Lipinski definition) is 2. The van der Waals surface area contributed by atoms with Crippen molar-refractivity contribution in [1.29, 1.82) is 0 Å². The van der Waals surface area contributed by atoms with Crippen LogP contribution < -0.4 is 4.74 Å². The number of benzene rings is 1. The van der Waals surface area contributed by atoms with Gasteiger partial charge in [-0.05, 0) is 31.2 Å². The van der Waals surface area contributed by atoms with Crippen molar-refractivity contribution in [3.05, 3.63) is 58.3 Å². The average molecular weight is 350 g/mol. The average Bonchev–Trinajstić information content (AvgIpc) is 2.89. The highest BCUT2D eigenvalue weighted by Gasteiger charge is 2.22. The molecule has 0 bridgehead atoms. The second kappa shape index (κ2) is 6.14. The third-order valence-corrected chi connectivity index (χ3v) is 3.98. The number of pyridine rings is 1. The highest BCUT2D eigenvalue weighted by atomic mass is 35.5. The van der Waals surface area contributed by atoms with Crippen LogP contribution in [0.4, 0.5) is 0 Å². The molecule has 118 valence electrons. The number of carbonyl (C=O) groups is 1. The Morgan fingerprint density at radius 3 is 2.74 bits per heavy atom. The third kappa shape index (κ3) is 2.76. The SMILES string of the molecule is CCOc1c(Cl)cc(Cl)cc1-c1cn2ccccc2c1C(=O)O. The molecule has 0 unspecified atom stereocenters. The zero-order valence-electron chi connectivity index (χ0n) is 12.2. The van der Waals surface area contributed by atoms with Gasteiger partial charge in [-0.2, -0.15) is 0 Å². The summed E-state index contributed by atoms with van der Waals surface area (Å²) in [5.41, 5.74) is 1.85. The van der Waals surface area contributed by atoms with Crippen molar-refractivity contribution in [2.75, 3.05) is 6.61 Å². The molecule has 1 aromatic carbocycles. The highest BCUT2D eigenvalue weighted by Crippen LogP contribution is 2.41. The van der Waals surface area contributed by atoms with Gasteiger partial charge in [-0.1, -0.05) is 29.3 Å². The summed E-state index contributed by atoms with van der Waals surface area (Å²) in [5.74, 6) is -0.593. The van der Waals surface area contributed by atoms with Crippen LogP contribution in [0.2, 0.25) is 10.0 Å². The van der Waals surface area contributed by atoms with Crippen molar-refractivity contribution < 1.29 is 14.6 Å². The Labute approximate surface area is 142 Å². The summed E-state index contributed by atoms with van der Waals surface area (Å²) in [5, 5.41) is 10.4. The molecule has 0 amide bonds. The van der Waals surface area contributed by atoms with Gasteiger partial charge in [0.15, 0.2) is 0 Å². The maximum atomic E-state index is 11.8. The summed E-state index contributed by atoms with van der Waals surface area (Å²) in [6.07, 6.45) is 3.53. The lowest BCUT2D eigenvalue weighted by Crippen LogP contribution is -2.00. The Kier molecular flexibility index (Phi) is 4.20. The van der Waals surface area contributed by atoms with E-state index in [4.69, 9.17) is 27.9 Å². The second-order valence-corrected chi connectivity index (χ2v) is 5.76. The molecule has 3 aromatic rings. The van der Waals surface area contributed by atoms with Gasteiger partial charge in [-0.3, -0.25) is 0 Å². The van der Waals surface area contributed by atoms with E-state index in [0.717, 1.165) is 0 Å². The van der Waals surface area contributed by atoms with E-state index in [2.05, 4.69) is 0 Å². The van der Waals surface area contributed by atoms with E-state index >= 15 is 0 Å². The molecule has 2 aromatic heterocycles. The van der Waals surface area contributed by atoms with Gasteiger partial charge in [0, 0.05) is 28.5 Å². The van der Waals surface area contributed by atoms with Gasteiger partial charge in [0.1, 0.15) is 5.75 Å². The Hall–Kier alpha value is -2.17. The summed E-state index contributed by atoms with van der Waals surface area (Å²) in [6.45, 7) is 2.24. The molecule has 0 saturated carbocycles. The van der Waals surface area contributed by atoms with Crippen molar-refractivity contribution in [2.45, 2.75) is 6.92 Å². The van der Waals surface area contributed by atoms with Crippen molar-refractivity contribution in [3.8, 4) is 16.9 Å². The van der Waals surface area contributed by atoms with E-state index in [1.54, 1.807) is 41.1 Å². The molecular formula is C17H13Cl2NO3. The molecule has 0 saturated heterocycles. The van der Waals surface area contributed by atoms with Gasteiger partial charge in [-0.15, -0.1) is 0 Å². The molecule has 0 atom stereocenters. The Morgan fingerprint density at radius 1 is 1.26 bits per heavy atom. The van der Waals surface area contributed by atoms with Crippen LogP contribution >= 0.6 is 23.2 Å². The maximum absolute atomic E-state index is 11.8. The molecular weight excluding hydrogens is 337 g/mol. The number of carboxylic acid groups (broad SMARTS) is 1. The number of rotatable bonds is 4. The van der Waals surface area contributed by atoms with Gasteiger partial charge in [-0.25, -0.2) is 4.79 Å². The minimum atomic E-state index is -1.02. The van der Waals surface area contributed by atoms with Crippen molar-refractivity contribution >= 4 is 34.7 Å². The Bertz CT molecular complexity index is 902. The fraction of sp³-hybridized carbons (Fsp3) is 0.118. The smallest absolute Gasteiger partial charge is 0.338 e. The van der Waals surface area contributed by atoms with E-state index in [9.17, 15) is 9.90 Å². The fourth-order valence-electron chi connectivity index (χ4n) is 2.60. The number of carboxylic acids is 1. The number of fused-ring (bicyclic) bond motifs is 1. The Balaban J connectivity index is 2.37. The largest absolute Gasteiger partial charge is 0.492 e. The molecule has 0 radical (unpaired) electrons. The van der Waals surface area contributed by atoms with E-state index in [-0.39, 0.29) is 5.56 Å². The number of aromatic nitrogens is 1. The zero-order valence-corrected chi connectivity index (χ0v) is 13.7. The van der Waals surface area contributed by atoms with Gasteiger partial charge in [0.05, 0.1) is 22.7 Å². The molecule has 0 fully saturated rings. The van der Waals surface area contributed by atoms with Crippen molar-refractivity contribution in [3.63, 3.8) is 0 Å². The molecule has 0 aliphatic rings. The molecule has 3 rings (SSSR count). The number of ether oxygens (including phenoxy) is 1. The number of aromatic carboxylic acids is 1. The summed E-state index contributed by atoms with van der Waals surface area (Å²) in [4.78, 5) is 11.8. The molecule has 2 heterocycles. The topological polar surface area (TPSA) is 50.9 Å². The monoisotopic (exact) mass is 349 g/mol. The first-order chi connectivity index (χ1) is 11.0. The van der Waals surface area contributed by atoms with Crippen LogP contribution in [-0.4, -0.2) is 22.1 Å². The minimum absolute atomic E-state index is 0.185. The van der Waals surface area contributed by atoms with E-state index in [0.29, 0.717) is 39.0 Å². The summed E-state index contributed by atoms with van der Waals surface area (Å²) >= 11 is 12.3. The summed E-state index contributed by atoms with van der Waals surface area (Å²) in [7, 11) is 0. The van der Waals surface area contributed by atoms with Crippen LogP contribution in [0.1, 0.15) is 17.3 Å². The fourth-order valence-corrected chi connectivity index (χ4v) is 3.15. The van der Waals surface area contributed by atoms with Crippen LogP contribution in [-0.2, 0) is 0 Å². The quantitative estimate of drug-likeness (QED) is 0.720. The molecule has 0 aliphatic heterocycles. The van der Waals surface area contributed by atoms with E-state index in [1.165, 1.54) is 0 Å². The lowest BCUT2D eigenvalue weighted by atomic mass is 10.0. The Morgan fingerprint density at radius 2 is 2.04 bits per heavy atom. The normalized spacial score (nSPS) is 10.9. The van der Waals surface area contributed by atoms with Crippen LogP contribution in [0.5, 0.6) is 5.75 Å². The highest BCUT2D eigenvalue weighted by molar-refractivity contribution is 6.36. The van der Waals surface area contributed by atoms with Gasteiger partial charge >= 0.3 is 5.97 Å². The predicted octanol–water partition coefficient (Wildman–Crippen LogP) is 5.01. The van der Waals surface area contributed by atoms with Gasteiger partial charge in [0.25, 0.3) is 0 Å². The van der Waals surface area contributed by atoms with Gasteiger partial charge in [0.2, 0.25) is 0 Å². The van der Waals surface area contributed by atoms with Crippen LogP contribution in [0.25, 0.3) is 16.6 Å². The standard InChI is InChI=1S/C17H13Cl2NO3/c1-2-23-16-11(7-10(18)8-13(16)19)12-9-20-6-4-3-5-14(20)15(12)17(21)22/h3-9H,2H2,1H3,(H,21,22). The summed E-state index contributed by atoms with van der Waals surface area (Å²) < 4.78 is 7.37. The third-order valence-electron chi connectivity index (χ3n) is 3.48.